The Balaban J connectivity index is 1.97. The van der Waals surface area contributed by atoms with E-state index in [0.717, 1.165) is 29.4 Å². The van der Waals surface area contributed by atoms with Crippen LogP contribution in [0.25, 0.3) is 10.9 Å². The Morgan fingerprint density at radius 3 is 2.52 bits per heavy atom. The van der Waals surface area contributed by atoms with E-state index in [0.29, 0.717) is 11.5 Å². The SMILES string of the molecule is CN(C)C(=O)CN(C)C(=O)c1cc(C2CC2)nc2ccccc12. The number of para-hydroxylation sites is 1. The number of likely N-dealkylation sites (N-methyl/N-ethyl adjacent to an activating group) is 2. The molecule has 1 aromatic heterocycles. The normalized spacial score (nSPS) is 13.9. The number of hydrogen-bond donors (Lipinski definition) is 0. The zero-order valence-electron chi connectivity index (χ0n) is 13.7. The third-order valence-electron chi connectivity index (χ3n) is 4.18. The van der Waals surface area contributed by atoms with Crippen LogP contribution < -0.4 is 0 Å². The molecule has 2 aromatic rings. The standard InChI is InChI=1S/C18H21N3O2/c1-20(2)17(22)11-21(3)18(23)14-10-16(12-8-9-12)19-15-7-5-4-6-13(14)15/h4-7,10,12H,8-9,11H2,1-3H3. The van der Waals surface area contributed by atoms with E-state index in [-0.39, 0.29) is 18.4 Å². The number of fused-ring (bicyclic) bond motifs is 1. The maximum Gasteiger partial charge on any atom is 0.254 e. The van der Waals surface area contributed by atoms with Crippen LogP contribution in [-0.4, -0.2) is 54.3 Å². The molecule has 1 aliphatic rings. The van der Waals surface area contributed by atoms with Crippen molar-refractivity contribution in [3.05, 3.63) is 41.6 Å². The van der Waals surface area contributed by atoms with Crippen molar-refractivity contribution in [1.82, 2.24) is 14.8 Å². The molecule has 1 aliphatic carbocycles. The van der Waals surface area contributed by atoms with Crippen LogP contribution in [0.4, 0.5) is 0 Å². The summed E-state index contributed by atoms with van der Waals surface area (Å²) in [7, 11) is 5.04. The molecule has 0 N–H and O–H groups in total. The van der Waals surface area contributed by atoms with Gasteiger partial charge < -0.3 is 9.80 Å². The lowest BCUT2D eigenvalue weighted by molar-refractivity contribution is -0.129. The van der Waals surface area contributed by atoms with Gasteiger partial charge in [0.05, 0.1) is 17.6 Å². The van der Waals surface area contributed by atoms with Crippen molar-refractivity contribution in [3.63, 3.8) is 0 Å². The zero-order chi connectivity index (χ0) is 16.6. The molecule has 1 aromatic carbocycles. The van der Waals surface area contributed by atoms with Crippen LogP contribution in [0, 0.1) is 0 Å². The molecule has 1 heterocycles. The van der Waals surface area contributed by atoms with Gasteiger partial charge in [0.1, 0.15) is 0 Å². The number of benzene rings is 1. The first kappa shape index (κ1) is 15.5. The third kappa shape index (κ3) is 3.18. The van der Waals surface area contributed by atoms with E-state index >= 15 is 0 Å². The van der Waals surface area contributed by atoms with Gasteiger partial charge in [-0.1, -0.05) is 18.2 Å². The zero-order valence-corrected chi connectivity index (χ0v) is 13.7. The minimum absolute atomic E-state index is 0.0707. The Morgan fingerprint density at radius 2 is 1.87 bits per heavy atom. The number of pyridine rings is 1. The van der Waals surface area contributed by atoms with Crippen molar-refractivity contribution in [2.75, 3.05) is 27.7 Å². The molecule has 1 saturated carbocycles. The largest absolute Gasteiger partial charge is 0.347 e. The molecule has 0 spiro atoms. The number of amides is 2. The fraction of sp³-hybridized carbons (Fsp3) is 0.389. The topological polar surface area (TPSA) is 53.5 Å². The van der Waals surface area contributed by atoms with Crippen molar-refractivity contribution < 1.29 is 9.59 Å². The summed E-state index contributed by atoms with van der Waals surface area (Å²) in [6, 6.07) is 9.58. The van der Waals surface area contributed by atoms with Crippen molar-refractivity contribution >= 4 is 22.7 Å². The number of nitrogens with zero attached hydrogens (tertiary/aromatic N) is 3. The molecule has 0 saturated heterocycles. The van der Waals surface area contributed by atoms with Gasteiger partial charge in [-0.25, -0.2) is 0 Å². The predicted octanol–water partition coefficient (Wildman–Crippen LogP) is 2.27. The summed E-state index contributed by atoms with van der Waals surface area (Å²) >= 11 is 0. The van der Waals surface area contributed by atoms with E-state index in [2.05, 4.69) is 4.98 Å². The summed E-state index contributed by atoms with van der Waals surface area (Å²) in [6.07, 6.45) is 2.27. The molecular weight excluding hydrogens is 290 g/mol. The lowest BCUT2D eigenvalue weighted by Crippen LogP contribution is -2.37. The van der Waals surface area contributed by atoms with Gasteiger partial charge in [0, 0.05) is 38.1 Å². The summed E-state index contributed by atoms with van der Waals surface area (Å²) in [5.74, 6) is 0.238. The van der Waals surface area contributed by atoms with E-state index in [1.807, 2.05) is 30.3 Å². The molecular formula is C18H21N3O2. The van der Waals surface area contributed by atoms with Crippen molar-refractivity contribution in [2.24, 2.45) is 0 Å². The van der Waals surface area contributed by atoms with Gasteiger partial charge in [0.2, 0.25) is 5.91 Å². The van der Waals surface area contributed by atoms with Crippen molar-refractivity contribution in [1.29, 1.82) is 0 Å². The first-order valence-electron chi connectivity index (χ1n) is 7.82. The minimum atomic E-state index is -0.138. The van der Waals surface area contributed by atoms with E-state index in [1.165, 1.54) is 9.80 Å². The number of hydrogen-bond acceptors (Lipinski definition) is 3. The van der Waals surface area contributed by atoms with Crippen LogP contribution in [0.3, 0.4) is 0 Å². The Labute approximate surface area is 135 Å². The van der Waals surface area contributed by atoms with E-state index < -0.39 is 0 Å². The maximum atomic E-state index is 12.8. The van der Waals surface area contributed by atoms with E-state index in [1.54, 1.807) is 21.1 Å². The Hall–Kier alpha value is -2.43. The Bertz CT molecular complexity index is 766. The fourth-order valence-corrected chi connectivity index (χ4v) is 2.58. The lowest BCUT2D eigenvalue weighted by atomic mass is 10.0. The number of rotatable bonds is 4. The van der Waals surface area contributed by atoms with Gasteiger partial charge in [-0.2, -0.15) is 0 Å². The first-order valence-corrected chi connectivity index (χ1v) is 7.82. The molecule has 0 radical (unpaired) electrons. The van der Waals surface area contributed by atoms with Gasteiger partial charge in [-0.15, -0.1) is 0 Å². The monoisotopic (exact) mass is 311 g/mol. The highest BCUT2D eigenvalue weighted by atomic mass is 16.2. The molecule has 1 fully saturated rings. The predicted molar refractivity (Wildman–Crippen MR) is 89.4 cm³/mol. The molecule has 2 amide bonds. The van der Waals surface area contributed by atoms with Crippen LogP contribution in [0.1, 0.15) is 34.8 Å². The highest BCUT2D eigenvalue weighted by Gasteiger charge is 2.27. The Morgan fingerprint density at radius 1 is 1.17 bits per heavy atom. The van der Waals surface area contributed by atoms with Crippen LogP contribution in [0.5, 0.6) is 0 Å². The number of carbonyl (C=O) groups excluding carboxylic acids is 2. The third-order valence-corrected chi connectivity index (χ3v) is 4.18. The number of carbonyl (C=O) groups is 2. The Kier molecular flexibility index (Phi) is 4.03. The second-order valence-electron chi connectivity index (χ2n) is 6.34. The molecule has 0 atom stereocenters. The summed E-state index contributed by atoms with van der Waals surface area (Å²) in [6.45, 7) is 0.0707. The molecule has 23 heavy (non-hydrogen) atoms. The highest BCUT2D eigenvalue weighted by Crippen LogP contribution is 2.40. The molecule has 120 valence electrons. The molecule has 0 aliphatic heterocycles. The summed E-state index contributed by atoms with van der Waals surface area (Å²) in [5, 5.41) is 0.839. The van der Waals surface area contributed by atoms with Crippen molar-refractivity contribution in [2.45, 2.75) is 18.8 Å². The molecule has 0 bridgehead atoms. The van der Waals surface area contributed by atoms with Crippen LogP contribution >= 0.6 is 0 Å². The minimum Gasteiger partial charge on any atom is -0.347 e. The van der Waals surface area contributed by atoms with Crippen LogP contribution in [0.15, 0.2) is 30.3 Å². The van der Waals surface area contributed by atoms with E-state index in [4.69, 9.17) is 0 Å². The van der Waals surface area contributed by atoms with Crippen LogP contribution in [-0.2, 0) is 4.79 Å². The van der Waals surface area contributed by atoms with Gasteiger partial charge >= 0.3 is 0 Å². The smallest absolute Gasteiger partial charge is 0.254 e. The first-order chi connectivity index (χ1) is 11.0. The summed E-state index contributed by atoms with van der Waals surface area (Å²) in [4.78, 5) is 32.3. The van der Waals surface area contributed by atoms with Crippen molar-refractivity contribution in [3.8, 4) is 0 Å². The van der Waals surface area contributed by atoms with Gasteiger partial charge in [0.15, 0.2) is 0 Å². The average Bonchev–Trinajstić information content (AvgIpc) is 3.37. The van der Waals surface area contributed by atoms with Gasteiger partial charge in [-0.3, -0.25) is 14.6 Å². The quantitative estimate of drug-likeness (QED) is 0.870. The average molecular weight is 311 g/mol. The molecule has 3 rings (SSSR count). The number of aromatic nitrogens is 1. The second-order valence-corrected chi connectivity index (χ2v) is 6.34. The lowest BCUT2D eigenvalue weighted by Gasteiger charge is -2.20. The van der Waals surface area contributed by atoms with Gasteiger partial charge in [0.25, 0.3) is 5.91 Å². The maximum absolute atomic E-state index is 12.8. The fourth-order valence-electron chi connectivity index (χ4n) is 2.58. The highest BCUT2D eigenvalue weighted by molar-refractivity contribution is 6.07. The van der Waals surface area contributed by atoms with E-state index in [9.17, 15) is 9.59 Å². The molecule has 0 unspecified atom stereocenters. The summed E-state index contributed by atoms with van der Waals surface area (Å²) in [5.41, 5.74) is 2.46. The van der Waals surface area contributed by atoms with Crippen LogP contribution in [0.2, 0.25) is 0 Å². The summed E-state index contributed by atoms with van der Waals surface area (Å²) < 4.78 is 0. The molecule has 5 nitrogen and oxygen atoms in total. The van der Waals surface area contributed by atoms with Gasteiger partial charge in [-0.05, 0) is 25.0 Å². The molecule has 5 heteroatoms. The second kappa shape index (κ2) is 5.99.